The molecule has 0 unspecified atom stereocenters. The largest absolute Gasteiger partial charge is 0.496 e. The summed E-state index contributed by atoms with van der Waals surface area (Å²) in [6.45, 7) is 3.95. The van der Waals surface area contributed by atoms with E-state index in [9.17, 15) is 8.42 Å². The van der Waals surface area contributed by atoms with Gasteiger partial charge in [0.1, 0.15) is 5.75 Å². The summed E-state index contributed by atoms with van der Waals surface area (Å²) in [5.74, 6) is 0.574. The maximum Gasteiger partial charge on any atom is 0.264 e. The fourth-order valence-corrected chi connectivity index (χ4v) is 4.52. The molecule has 0 fully saturated rings. The number of hydrogen-bond donors (Lipinski definition) is 0. The lowest BCUT2D eigenvalue weighted by atomic mass is 10.2. The topological polar surface area (TPSA) is 46.6 Å². The number of nitrogens with zero attached hydrogens (tertiary/aromatic N) is 1. The summed E-state index contributed by atoms with van der Waals surface area (Å²) < 4.78 is 32.9. The lowest BCUT2D eigenvalue weighted by Crippen LogP contribution is -2.30. The van der Waals surface area contributed by atoms with Crippen LogP contribution in [0.3, 0.4) is 0 Å². The average Bonchev–Trinajstić information content (AvgIpc) is 2.51. The van der Waals surface area contributed by atoms with Crippen molar-refractivity contribution in [2.75, 3.05) is 18.0 Å². The van der Waals surface area contributed by atoms with Gasteiger partial charge in [-0.2, -0.15) is 0 Å². The van der Waals surface area contributed by atoms with Gasteiger partial charge in [-0.15, -0.1) is 0 Å². The normalized spacial score (nSPS) is 11.3. The zero-order valence-corrected chi connectivity index (χ0v) is 16.2. The second-order valence-corrected chi connectivity index (χ2v) is 8.02. The molecule has 0 atom stereocenters. The molecule has 0 saturated carbocycles. The van der Waals surface area contributed by atoms with Crippen LogP contribution < -0.4 is 9.04 Å². The molecule has 0 aliphatic rings. The van der Waals surface area contributed by atoms with E-state index in [0.29, 0.717) is 27.5 Å². The number of benzene rings is 2. The molecular formula is C16H17BrClNO3S. The molecule has 0 amide bonds. The second-order valence-electron chi connectivity index (χ2n) is 4.90. The van der Waals surface area contributed by atoms with Crippen molar-refractivity contribution in [3.63, 3.8) is 0 Å². The van der Waals surface area contributed by atoms with Gasteiger partial charge in [-0.3, -0.25) is 4.31 Å². The van der Waals surface area contributed by atoms with Crippen molar-refractivity contribution in [2.24, 2.45) is 0 Å². The van der Waals surface area contributed by atoms with Gasteiger partial charge in [-0.25, -0.2) is 8.42 Å². The third kappa shape index (κ3) is 3.65. The number of sulfonamides is 1. The minimum absolute atomic E-state index is 0.184. The highest BCUT2D eigenvalue weighted by Crippen LogP contribution is 2.31. The predicted molar refractivity (Wildman–Crippen MR) is 97.1 cm³/mol. The monoisotopic (exact) mass is 417 g/mol. The quantitative estimate of drug-likeness (QED) is 0.711. The third-order valence-electron chi connectivity index (χ3n) is 3.44. The Balaban J connectivity index is 2.50. The number of hydrogen-bond acceptors (Lipinski definition) is 3. The van der Waals surface area contributed by atoms with Gasteiger partial charge in [0.05, 0.1) is 22.2 Å². The highest BCUT2D eigenvalue weighted by atomic mass is 79.9. The van der Waals surface area contributed by atoms with E-state index in [1.54, 1.807) is 31.2 Å². The molecule has 0 N–H and O–H groups in total. The van der Waals surface area contributed by atoms with E-state index in [-0.39, 0.29) is 4.90 Å². The van der Waals surface area contributed by atoms with Gasteiger partial charge in [0.25, 0.3) is 10.0 Å². The first kappa shape index (κ1) is 18.1. The molecule has 0 aliphatic heterocycles. The number of anilines is 1. The number of aryl methyl sites for hydroxylation is 1. The van der Waals surface area contributed by atoms with Gasteiger partial charge >= 0.3 is 0 Å². The van der Waals surface area contributed by atoms with Crippen molar-refractivity contribution in [1.29, 1.82) is 0 Å². The van der Waals surface area contributed by atoms with Crippen LogP contribution in [0.1, 0.15) is 12.5 Å². The Morgan fingerprint density at radius 2 is 1.91 bits per heavy atom. The van der Waals surface area contributed by atoms with Crippen LogP contribution in [0.15, 0.2) is 45.8 Å². The molecule has 0 heterocycles. The summed E-state index contributed by atoms with van der Waals surface area (Å²) in [4.78, 5) is 0.184. The predicted octanol–water partition coefficient (Wildman–Crippen LogP) is 4.63. The average molecular weight is 419 g/mol. The summed E-state index contributed by atoms with van der Waals surface area (Å²) in [6, 6.07) is 9.90. The highest BCUT2D eigenvalue weighted by molar-refractivity contribution is 9.10. The fraction of sp³-hybridized carbons (Fsp3) is 0.250. The van der Waals surface area contributed by atoms with Crippen molar-refractivity contribution < 1.29 is 13.2 Å². The molecule has 4 nitrogen and oxygen atoms in total. The zero-order chi connectivity index (χ0) is 17.2. The molecule has 0 aromatic heterocycles. The van der Waals surface area contributed by atoms with Crippen LogP contribution in [-0.2, 0) is 10.0 Å². The summed E-state index contributed by atoms with van der Waals surface area (Å²) in [5.41, 5.74) is 1.44. The van der Waals surface area contributed by atoms with Crippen LogP contribution in [0.25, 0.3) is 0 Å². The van der Waals surface area contributed by atoms with Crippen LogP contribution in [0.5, 0.6) is 5.75 Å². The van der Waals surface area contributed by atoms with Gasteiger partial charge < -0.3 is 4.74 Å². The molecular weight excluding hydrogens is 402 g/mol. The van der Waals surface area contributed by atoms with E-state index in [0.717, 1.165) is 5.56 Å². The van der Waals surface area contributed by atoms with Crippen molar-refractivity contribution in [3.05, 3.63) is 51.5 Å². The summed E-state index contributed by atoms with van der Waals surface area (Å²) in [5, 5.41) is 0.534. The first-order valence-electron chi connectivity index (χ1n) is 6.93. The molecule has 0 radical (unpaired) electrons. The van der Waals surface area contributed by atoms with Crippen molar-refractivity contribution in [3.8, 4) is 5.75 Å². The Hall–Kier alpha value is -1.24. The van der Waals surface area contributed by atoms with Crippen LogP contribution >= 0.6 is 27.5 Å². The van der Waals surface area contributed by atoms with Gasteiger partial charge in [0, 0.05) is 11.6 Å². The van der Waals surface area contributed by atoms with Crippen LogP contribution in [0.4, 0.5) is 5.69 Å². The molecule has 0 saturated heterocycles. The standard InChI is InChI=1S/C16H17BrClNO3S/c1-4-19(12-6-5-11(2)15(18)9-12)23(20,21)13-7-8-16(22-3)14(17)10-13/h5-10H,4H2,1-3H3. The molecule has 23 heavy (non-hydrogen) atoms. The number of ether oxygens (including phenoxy) is 1. The van der Waals surface area contributed by atoms with E-state index in [4.69, 9.17) is 16.3 Å². The summed E-state index contributed by atoms with van der Waals surface area (Å²) in [6.07, 6.45) is 0. The van der Waals surface area contributed by atoms with Gasteiger partial charge in [0.15, 0.2) is 0 Å². The smallest absolute Gasteiger partial charge is 0.264 e. The maximum atomic E-state index is 12.9. The Kier molecular flexibility index (Phi) is 5.60. The van der Waals surface area contributed by atoms with E-state index < -0.39 is 10.0 Å². The molecule has 0 aliphatic carbocycles. The fourth-order valence-electron chi connectivity index (χ4n) is 2.16. The van der Waals surface area contributed by atoms with Crippen LogP contribution in [0, 0.1) is 6.92 Å². The minimum atomic E-state index is -3.69. The van der Waals surface area contributed by atoms with E-state index in [1.807, 2.05) is 6.92 Å². The maximum absolute atomic E-state index is 12.9. The van der Waals surface area contributed by atoms with Gasteiger partial charge in [-0.1, -0.05) is 17.7 Å². The van der Waals surface area contributed by atoms with Crippen molar-refractivity contribution in [1.82, 2.24) is 0 Å². The second kappa shape index (κ2) is 7.11. The Bertz CT molecular complexity index is 824. The van der Waals surface area contributed by atoms with Crippen molar-refractivity contribution in [2.45, 2.75) is 18.7 Å². The summed E-state index contributed by atoms with van der Waals surface area (Å²) >= 11 is 9.45. The lowest BCUT2D eigenvalue weighted by Gasteiger charge is -2.23. The molecule has 0 spiro atoms. The van der Waals surface area contributed by atoms with Crippen molar-refractivity contribution >= 4 is 43.2 Å². The molecule has 0 bridgehead atoms. The SMILES string of the molecule is CCN(c1ccc(C)c(Cl)c1)S(=O)(=O)c1ccc(OC)c(Br)c1. The van der Waals surface area contributed by atoms with E-state index in [1.165, 1.54) is 23.5 Å². The number of methoxy groups -OCH3 is 1. The van der Waals surface area contributed by atoms with E-state index >= 15 is 0 Å². The van der Waals surface area contributed by atoms with Crippen LogP contribution in [-0.4, -0.2) is 22.1 Å². The minimum Gasteiger partial charge on any atom is -0.496 e. The van der Waals surface area contributed by atoms with Gasteiger partial charge in [0.2, 0.25) is 0 Å². The zero-order valence-electron chi connectivity index (χ0n) is 13.0. The highest BCUT2D eigenvalue weighted by Gasteiger charge is 2.24. The first-order chi connectivity index (χ1) is 10.8. The molecule has 7 heteroatoms. The molecule has 2 aromatic carbocycles. The first-order valence-corrected chi connectivity index (χ1v) is 9.54. The van der Waals surface area contributed by atoms with Gasteiger partial charge in [-0.05, 0) is 65.7 Å². The lowest BCUT2D eigenvalue weighted by molar-refractivity contribution is 0.411. The number of halogens is 2. The Labute approximate surface area is 150 Å². The third-order valence-corrected chi connectivity index (χ3v) is 6.37. The van der Waals surface area contributed by atoms with E-state index in [2.05, 4.69) is 15.9 Å². The molecule has 2 aromatic rings. The number of rotatable bonds is 5. The molecule has 2 rings (SSSR count). The summed E-state index contributed by atoms with van der Waals surface area (Å²) in [7, 11) is -2.16. The Morgan fingerprint density at radius 1 is 1.22 bits per heavy atom. The Morgan fingerprint density at radius 3 is 2.43 bits per heavy atom. The molecule has 124 valence electrons. The van der Waals surface area contributed by atoms with Crippen LogP contribution in [0.2, 0.25) is 5.02 Å².